The van der Waals surface area contributed by atoms with E-state index in [0.717, 1.165) is 24.1 Å². The van der Waals surface area contributed by atoms with Crippen LogP contribution in [0.1, 0.15) is 32.3 Å². The summed E-state index contributed by atoms with van der Waals surface area (Å²) in [4.78, 5) is 2.53. The van der Waals surface area contributed by atoms with E-state index in [2.05, 4.69) is 65.1 Å². The molecule has 2 nitrogen and oxygen atoms in total. The second kappa shape index (κ2) is 5.62. The van der Waals surface area contributed by atoms with Crippen LogP contribution in [0.2, 0.25) is 0 Å². The van der Waals surface area contributed by atoms with E-state index in [0.29, 0.717) is 0 Å². The molecule has 0 aliphatic carbocycles. The van der Waals surface area contributed by atoms with E-state index in [1.165, 1.54) is 24.1 Å². The van der Waals surface area contributed by atoms with Gasteiger partial charge in [-0.25, -0.2) is 0 Å². The number of hydrogen-bond donors (Lipinski definition) is 1. The maximum absolute atomic E-state index is 3.62. The summed E-state index contributed by atoms with van der Waals surface area (Å²) in [6.45, 7) is 10.2. The van der Waals surface area contributed by atoms with Gasteiger partial charge in [0.05, 0.1) is 0 Å². The number of benzene rings is 1. The molecule has 1 aliphatic rings. The average molecular weight is 311 g/mol. The highest BCUT2D eigenvalue weighted by Crippen LogP contribution is 2.25. The van der Waals surface area contributed by atoms with Gasteiger partial charge in [-0.05, 0) is 63.9 Å². The zero-order chi connectivity index (χ0) is 13.2. The fraction of sp³-hybridized carbons (Fsp3) is 0.600. The van der Waals surface area contributed by atoms with Crippen LogP contribution in [0.25, 0.3) is 0 Å². The first-order valence-corrected chi connectivity index (χ1v) is 7.53. The van der Waals surface area contributed by atoms with E-state index in [1.54, 1.807) is 0 Å². The van der Waals surface area contributed by atoms with Crippen LogP contribution in [-0.2, 0) is 0 Å². The number of nitrogens with zero attached hydrogens (tertiary/aromatic N) is 1. The molecule has 0 saturated carbocycles. The molecule has 1 saturated heterocycles. The van der Waals surface area contributed by atoms with E-state index in [1.807, 2.05) is 0 Å². The molecule has 1 aromatic carbocycles. The molecule has 0 radical (unpaired) electrons. The lowest BCUT2D eigenvalue weighted by molar-refractivity contribution is 0.346. The molecule has 0 bridgehead atoms. The third-order valence-corrected chi connectivity index (χ3v) is 4.21. The molecule has 2 rings (SSSR count). The summed E-state index contributed by atoms with van der Waals surface area (Å²) in [5, 5.41) is 3.62. The predicted molar refractivity (Wildman–Crippen MR) is 82.4 cm³/mol. The smallest absolute Gasteiger partial charge is 0.0396 e. The van der Waals surface area contributed by atoms with Gasteiger partial charge in [-0.1, -0.05) is 15.9 Å². The number of anilines is 1. The maximum Gasteiger partial charge on any atom is 0.0396 e. The number of nitrogens with one attached hydrogen (secondary N) is 1. The Hall–Kier alpha value is -0.540. The Morgan fingerprint density at radius 2 is 2.06 bits per heavy atom. The minimum atomic E-state index is 0.252. The van der Waals surface area contributed by atoms with Gasteiger partial charge in [0.1, 0.15) is 0 Å². The van der Waals surface area contributed by atoms with Crippen molar-refractivity contribution in [2.24, 2.45) is 0 Å². The lowest BCUT2D eigenvalue weighted by atomic mass is 9.98. The van der Waals surface area contributed by atoms with Crippen LogP contribution in [0.3, 0.4) is 0 Å². The summed E-state index contributed by atoms with van der Waals surface area (Å²) in [7, 11) is 0. The highest BCUT2D eigenvalue weighted by molar-refractivity contribution is 9.10. The van der Waals surface area contributed by atoms with E-state index >= 15 is 0 Å². The van der Waals surface area contributed by atoms with E-state index in [9.17, 15) is 0 Å². The number of rotatable bonds is 1. The number of aryl methyl sites for hydroxylation is 1. The summed E-state index contributed by atoms with van der Waals surface area (Å²) < 4.78 is 1.16. The standard InChI is InChI=1S/C15H23BrN2/c1-12-11-13(16)5-6-14(12)18-9-4-8-17-15(2,3)7-10-18/h5-6,11,17H,4,7-10H2,1-3H3. The third kappa shape index (κ3) is 3.48. The van der Waals surface area contributed by atoms with Crippen LogP contribution in [0.4, 0.5) is 5.69 Å². The maximum atomic E-state index is 3.62. The predicted octanol–water partition coefficient (Wildman–Crippen LogP) is 3.73. The first-order valence-electron chi connectivity index (χ1n) is 6.74. The molecular weight excluding hydrogens is 288 g/mol. The van der Waals surface area contributed by atoms with Crippen LogP contribution in [0, 0.1) is 6.92 Å². The molecule has 1 aromatic rings. The van der Waals surface area contributed by atoms with Crippen molar-refractivity contribution in [3.05, 3.63) is 28.2 Å². The number of hydrogen-bond acceptors (Lipinski definition) is 2. The van der Waals surface area contributed by atoms with Crippen LogP contribution >= 0.6 is 15.9 Å². The van der Waals surface area contributed by atoms with Crippen LogP contribution < -0.4 is 10.2 Å². The fourth-order valence-electron chi connectivity index (χ4n) is 2.53. The molecule has 1 aliphatic heterocycles. The molecule has 3 heteroatoms. The van der Waals surface area contributed by atoms with Gasteiger partial charge < -0.3 is 10.2 Å². The van der Waals surface area contributed by atoms with Gasteiger partial charge in [-0.3, -0.25) is 0 Å². The zero-order valence-corrected chi connectivity index (χ0v) is 13.2. The summed E-state index contributed by atoms with van der Waals surface area (Å²) in [6, 6.07) is 6.59. The van der Waals surface area contributed by atoms with Crippen molar-refractivity contribution in [3.63, 3.8) is 0 Å². The molecule has 18 heavy (non-hydrogen) atoms. The van der Waals surface area contributed by atoms with Crippen LogP contribution in [0.5, 0.6) is 0 Å². The van der Waals surface area contributed by atoms with Crippen molar-refractivity contribution in [1.82, 2.24) is 5.32 Å². The Bertz CT molecular complexity index is 415. The van der Waals surface area contributed by atoms with Crippen molar-refractivity contribution in [2.45, 2.75) is 39.2 Å². The first kappa shape index (κ1) is 13.9. The molecular formula is C15H23BrN2. The Morgan fingerprint density at radius 1 is 1.28 bits per heavy atom. The van der Waals surface area contributed by atoms with E-state index < -0.39 is 0 Å². The Labute approximate surface area is 119 Å². The van der Waals surface area contributed by atoms with Crippen molar-refractivity contribution in [2.75, 3.05) is 24.5 Å². The van der Waals surface area contributed by atoms with Gasteiger partial charge >= 0.3 is 0 Å². The van der Waals surface area contributed by atoms with Gasteiger partial charge in [-0.2, -0.15) is 0 Å². The molecule has 1 N–H and O–H groups in total. The van der Waals surface area contributed by atoms with Crippen molar-refractivity contribution < 1.29 is 0 Å². The van der Waals surface area contributed by atoms with Crippen molar-refractivity contribution in [1.29, 1.82) is 0 Å². The van der Waals surface area contributed by atoms with Gasteiger partial charge in [0.15, 0.2) is 0 Å². The van der Waals surface area contributed by atoms with Gasteiger partial charge in [-0.15, -0.1) is 0 Å². The SMILES string of the molecule is Cc1cc(Br)ccc1N1CCCNC(C)(C)CC1. The molecule has 0 aromatic heterocycles. The zero-order valence-electron chi connectivity index (χ0n) is 11.6. The summed E-state index contributed by atoms with van der Waals surface area (Å²) in [6.07, 6.45) is 2.39. The van der Waals surface area contributed by atoms with Gasteiger partial charge in [0, 0.05) is 28.8 Å². The first-order chi connectivity index (χ1) is 8.48. The van der Waals surface area contributed by atoms with E-state index in [-0.39, 0.29) is 5.54 Å². The normalized spacial score (nSPS) is 20.3. The lowest BCUT2D eigenvalue weighted by Crippen LogP contribution is -2.46. The molecule has 0 unspecified atom stereocenters. The van der Waals surface area contributed by atoms with Gasteiger partial charge in [0.25, 0.3) is 0 Å². The van der Waals surface area contributed by atoms with Crippen molar-refractivity contribution in [3.8, 4) is 0 Å². The molecule has 1 fully saturated rings. The summed E-state index contributed by atoms with van der Waals surface area (Å²) in [5.74, 6) is 0. The monoisotopic (exact) mass is 310 g/mol. The lowest BCUT2D eigenvalue weighted by Gasteiger charge is -2.35. The largest absolute Gasteiger partial charge is 0.371 e. The molecule has 100 valence electrons. The average Bonchev–Trinajstić information content (AvgIpc) is 2.27. The minimum Gasteiger partial charge on any atom is -0.371 e. The van der Waals surface area contributed by atoms with Gasteiger partial charge in [0.2, 0.25) is 0 Å². The van der Waals surface area contributed by atoms with Crippen LogP contribution in [0.15, 0.2) is 22.7 Å². The van der Waals surface area contributed by atoms with Crippen LogP contribution in [-0.4, -0.2) is 25.2 Å². The minimum absolute atomic E-state index is 0.252. The summed E-state index contributed by atoms with van der Waals surface area (Å²) >= 11 is 3.54. The molecule has 0 spiro atoms. The Kier molecular flexibility index (Phi) is 4.33. The fourth-order valence-corrected chi connectivity index (χ4v) is 3.00. The Balaban J connectivity index is 2.15. The highest BCUT2D eigenvalue weighted by Gasteiger charge is 2.21. The topological polar surface area (TPSA) is 15.3 Å². The molecule has 0 amide bonds. The quantitative estimate of drug-likeness (QED) is 0.850. The third-order valence-electron chi connectivity index (χ3n) is 3.71. The highest BCUT2D eigenvalue weighted by atomic mass is 79.9. The summed E-state index contributed by atoms with van der Waals surface area (Å²) in [5.41, 5.74) is 2.99. The second-order valence-corrected chi connectivity index (χ2v) is 6.75. The number of halogens is 1. The molecule has 0 atom stereocenters. The second-order valence-electron chi connectivity index (χ2n) is 5.83. The van der Waals surface area contributed by atoms with E-state index in [4.69, 9.17) is 0 Å². The molecule has 1 heterocycles. The van der Waals surface area contributed by atoms with Crippen molar-refractivity contribution >= 4 is 21.6 Å². The Morgan fingerprint density at radius 3 is 2.78 bits per heavy atom.